The Hall–Kier alpha value is -3.45. The molecule has 1 saturated heterocycles. The van der Waals surface area contributed by atoms with Gasteiger partial charge < -0.3 is 14.4 Å². The second-order valence-corrected chi connectivity index (χ2v) is 12.7. The van der Waals surface area contributed by atoms with Crippen LogP contribution in [0.1, 0.15) is 74.6 Å². The number of amidine groups is 1. The number of aryl methyl sites for hydroxylation is 1. The number of nitrogens with one attached hydrogen (secondary N) is 1. The average molecular weight is 601 g/mol. The van der Waals surface area contributed by atoms with Crippen molar-refractivity contribution in [2.45, 2.75) is 71.8 Å². The molecule has 0 bridgehead atoms. The fourth-order valence-corrected chi connectivity index (χ4v) is 6.88. The third-order valence-electron chi connectivity index (χ3n) is 9.24. The first-order chi connectivity index (χ1) is 20.8. The maximum absolute atomic E-state index is 13.7. The van der Waals surface area contributed by atoms with E-state index in [1.165, 1.54) is 31.2 Å². The molecule has 7 nitrogen and oxygen atoms in total. The van der Waals surface area contributed by atoms with E-state index in [1.807, 2.05) is 60.5 Å². The van der Waals surface area contributed by atoms with Crippen molar-refractivity contribution in [3.8, 4) is 0 Å². The van der Waals surface area contributed by atoms with E-state index in [4.69, 9.17) is 22.0 Å². The number of carbonyl (C=O) groups is 1. The van der Waals surface area contributed by atoms with Gasteiger partial charge in [0.25, 0.3) is 5.91 Å². The summed E-state index contributed by atoms with van der Waals surface area (Å²) < 4.78 is 2.19. The van der Waals surface area contributed by atoms with E-state index in [1.54, 1.807) is 0 Å². The lowest BCUT2D eigenvalue weighted by Crippen LogP contribution is -2.54. The number of hydrogen-bond acceptors (Lipinski definition) is 4. The monoisotopic (exact) mass is 600 g/mol. The van der Waals surface area contributed by atoms with Crippen LogP contribution in [0.15, 0.2) is 59.2 Å². The minimum absolute atomic E-state index is 0.00319. The van der Waals surface area contributed by atoms with Crippen molar-refractivity contribution in [1.29, 1.82) is 5.41 Å². The molecule has 0 radical (unpaired) electrons. The molecule has 2 aliphatic rings. The largest absolute Gasteiger partial charge is 0.365 e. The van der Waals surface area contributed by atoms with Crippen LogP contribution in [-0.4, -0.2) is 63.0 Å². The summed E-state index contributed by atoms with van der Waals surface area (Å²) in [4.78, 5) is 27.3. The summed E-state index contributed by atoms with van der Waals surface area (Å²) in [6, 6.07) is 13.9. The molecule has 1 aliphatic carbocycles. The first-order valence-electron chi connectivity index (χ1n) is 15.8. The minimum Gasteiger partial charge on any atom is -0.365 e. The lowest BCUT2D eigenvalue weighted by atomic mass is 9.98. The van der Waals surface area contributed by atoms with Crippen molar-refractivity contribution in [3.63, 3.8) is 0 Å². The highest BCUT2D eigenvalue weighted by atomic mass is 35.5. The molecule has 1 amide bonds. The molecule has 0 spiro atoms. The molecular formula is C35H45ClN6O. The number of nitrogens with zero attached hydrogens (tertiary/aromatic N) is 5. The molecule has 2 unspecified atom stereocenters. The second kappa shape index (κ2) is 13.9. The van der Waals surface area contributed by atoms with Gasteiger partial charge in [-0.15, -0.1) is 0 Å². The van der Waals surface area contributed by atoms with E-state index >= 15 is 0 Å². The number of aromatic nitrogens is 2. The van der Waals surface area contributed by atoms with Gasteiger partial charge in [0, 0.05) is 55.9 Å². The van der Waals surface area contributed by atoms with Gasteiger partial charge >= 0.3 is 0 Å². The zero-order chi connectivity index (χ0) is 30.5. The molecule has 1 N–H and O–H groups in total. The second-order valence-electron chi connectivity index (χ2n) is 12.2. The number of rotatable bonds is 9. The molecule has 3 aromatic rings. The third kappa shape index (κ3) is 7.20. The number of aliphatic imine (C=N–C) groups is 1. The van der Waals surface area contributed by atoms with Crippen molar-refractivity contribution in [1.82, 2.24) is 19.4 Å². The van der Waals surface area contributed by atoms with Crippen molar-refractivity contribution in [2.24, 2.45) is 23.9 Å². The van der Waals surface area contributed by atoms with Gasteiger partial charge in [-0.2, -0.15) is 0 Å². The lowest BCUT2D eigenvalue weighted by Gasteiger charge is -2.41. The molecule has 1 saturated carbocycles. The Morgan fingerprint density at radius 3 is 2.67 bits per heavy atom. The van der Waals surface area contributed by atoms with E-state index in [9.17, 15) is 4.79 Å². The Morgan fingerprint density at radius 1 is 1.19 bits per heavy atom. The summed E-state index contributed by atoms with van der Waals surface area (Å²) in [6.07, 6.45) is 11.9. The predicted octanol–water partition coefficient (Wildman–Crippen LogP) is 7.33. The normalized spacial score (nSPS) is 19.1. The van der Waals surface area contributed by atoms with Gasteiger partial charge in [0.1, 0.15) is 5.82 Å². The van der Waals surface area contributed by atoms with Crippen molar-refractivity contribution in [3.05, 3.63) is 76.2 Å². The Labute approximate surface area is 261 Å². The number of fused-ring (bicyclic) bond motifs is 1. The maximum Gasteiger partial charge on any atom is 0.254 e. The van der Waals surface area contributed by atoms with E-state index in [-0.39, 0.29) is 23.7 Å². The number of amides is 1. The van der Waals surface area contributed by atoms with Crippen LogP contribution >= 0.6 is 11.6 Å². The first kappa shape index (κ1) is 31.0. The molecule has 2 heterocycles. The molecular weight excluding hydrogens is 556 g/mol. The smallest absolute Gasteiger partial charge is 0.254 e. The number of carbonyl (C=O) groups excluding carboxylic acids is 1. The Bertz CT molecular complexity index is 1520. The van der Waals surface area contributed by atoms with E-state index in [2.05, 4.69) is 41.4 Å². The quantitative estimate of drug-likeness (QED) is 0.206. The molecule has 8 heteroatoms. The van der Waals surface area contributed by atoms with E-state index in [0.29, 0.717) is 25.2 Å². The molecule has 1 aliphatic heterocycles. The first-order valence-corrected chi connectivity index (χ1v) is 16.2. The molecule has 2 atom stereocenters. The molecule has 1 aromatic heterocycles. The van der Waals surface area contributed by atoms with Crippen molar-refractivity contribution in [2.75, 3.05) is 19.6 Å². The predicted molar refractivity (Wildman–Crippen MR) is 177 cm³/mol. The number of allylic oxidation sites excluding steroid dienone is 1. The van der Waals surface area contributed by atoms with Gasteiger partial charge in [0.05, 0.1) is 16.7 Å². The molecule has 2 aromatic carbocycles. The van der Waals surface area contributed by atoms with Gasteiger partial charge in [0.2, 0.25) is 0 Å². The maximum atomic E-state index is 13.7. The summed E-state index contributed by atoms with van der Waals surface area (Å²) in [5.74, 6) is 2.37. The summed E-state index contributed by atoms with van der Waals surface area (Å²) in [7, 11) is 2.09. The number of hydrogen-bond donors (Lipinski definition) is 1. The number of piperazine rings is 1. The summed E-state index contributed by atoms with van der Waals surface area (Å²) >= 11 is 6.17. The molecule has 5 rings (SSSR count). The highest BCUT2D eigenvalue weighted by molar-refractivity contribution is 6.30. The van der Waals surface area contributed by atoms with E-state index in [0.717, 1.165) is 52.8 Å². The van der Waals surface area contributed by atoms with Gasteiger partial charge in [0.15, 0.2) is 5.84 Å². The fraction of sp³-hybridized carbons (Fsp3) is 0.486. The minimum atomic E-state index is -0.00319. The van der Waals surface area contributed by atoms with Gasteiger partial charge in [-0.3, -0.25) is 10.2 Å². The van der Waals surface area contributed by atoms with Crippen LogP contribution in [0.2, 0.25) is 5.02 Å². The molecule has 2 fully saturated rings. The highest BCUT2D eigenvalue weighted by Gasteiger charge is 2.30. The zero-order valence-corrected chi connectivity index (χ0v) is 26.8. The van der Waals surface area contributed by atoms with Crippen LogP contribution in [0, 0.1) is 17.2 Å². The van der Waals surface area contributed by atoms with Gasteiger partial charge in [-0.1, -0.05) is 62.4 Å². The molecule has 228 valence electrons. The van der Waals surface area contributed by atoms with Crippen molar-refractivity contribution < 1.29 is 4.79 Å². The summed E-state index contributed by atoms with van der Waals surface area (Å²) in [5.41, 5.74) is 4.64. The number of benzene rings is 2. The van der Waals surface area contributed by atoms with E-state index < -0.39 is 0 Å². The van der Waals surface area contributed by atoms with Crippen LogP contribution in [0.5, 0.6) is 0 Å². The lowest BCUT2D eigenvalue weighted by molar-refractivity contribution is 0.0551. The van der Waals surface area contributed by atoms with Gasteiger partial charge in [-0.05, 0) is 74.4 Å². The Balaban J connectivity index is 1.21. The van der Waals surface area contributed by atoms with Crippen LogP contribution in [-0.2, 0) is 19.9 Å². The fourth-order valence-electron chi connectivity index (χ4n) is 6.67. The van der Waals surface area contributed by atoms with Crippen LogP contribution < -0.4 is 0 Å². The van der Waals surface area contributed by atoms with Crippen LogP contribution in [0.4, 0.5) is 0 Å². The van der Waals surface area contributed by atoms with Crippen molar-refractivity contribution >= 4 is 40.6 Å². The SMILES string of the molecule is CC=C(C(=N)N=CC(CC)Cc1cccc(Cl)c1)N1CCN(C(=O)c2ccc3c(c2)nc(CC2CCCC2)n3C)C(C)C1. The zero-order valence-electron chi connectivity index (χ0n) is 26.0. The Morgan fingerprint density at radius 2 is 1.98 bits per heavy atom. The van der Waals surface area contributed by atoms with Crippen LogP contribution in [0.3, 0.4) is 0 Å². The topological polar surface area (TPSA) is 77.6 Å². The highest BCUT2D eigenvalue weighted by Crippen LogP contribution is 2.29. The summed E-state index contributed by atoms with van der Waals surface area (Å²) in [6.45, 7) is 8.08. The number of halogens is 1. The number of imidazole rings is 1. The molecule has 43 heavy (non-hydrogen) atoms. The third-order valence-corrected chi connectivity index (χ3v) is 9.47. The average Bonchev–Trinajstić information content (AvgIpc) is 3.62. The Kier molecular flexibility index (Phi) is 10.0. The van der Waals surface area contributed by atoms with Gasteiger partial charge in [-0.25, -0.2) is 9.98 Å². The summed E-state index contributed by atoms with van der Waals surface area (Å²) in [5, 5.41) is 9.48. The standard InChI is InChI=1S/C35H45ClN6O/c1-5-25(18-27-12-9-13-29(36)19-27)22-38-34(37)31(6-2)41-16-17-42(24(3)23-41)35(43)28-14-15-32-30(21-28)39-33(40(32)4)20-26-10-7-8-11-26/h6,9,12-15,19,21-22,24-26,37H,5,7-8,10-11,16-18,20,23H2,1-4H3. The van der Waals surface area contributed by atoms with Crippen LogP contribution in [0.25, 0.3) is 11.0 Å².